The second-order valence-corrected chi connectivity index (χ2v) is 8.59. The van der Waals surface area contributed by atoms with Gasteiger partial charge in [0, 0.05) is 5.69 Å². The Bertz CT molecular complexity index is 1320. The second-order valence-electron chi connectivity index (χ2n) is 7.65. The van der Waals surface area contributed by atoms with Crippen molar-refractivity contribution in [3.63, 3.8) is 0 Å². The molecular formula is C24H21N5O4S. The van der Waals surface area contributed by atoms with Crippen LogP contribution in [0, 0.1) is 0 Å². The Morgan fingerprint density at radius 2 is 2.00 bits per heavy atom. The number of carbonyl (C=O) groups is 2. The van der Waals surface area contributed by atoms with Crippen LogP contribution in [0.25, 0.3) is 11.6 Å². The number of nitrogens with one attached hydrogen (secondary N) is 2. The minimum absolute atomic E-state index is 0.127. The average Bonchev–Trinajstić information content (AvgIpc) is 3.49. The van der Waals surface area contributed by atoms with Gasteiger partial charge in [0.25, 0.3) is 5.91 Å². The van der Waals surface area contributed by atoms with Gasteiger partial charge in [0.15, 0.2) is 17.0 Å². The first kappa shape index (κ1) is 21.8. The van der Waals surface area contributed by atoms with Crippen LogP contribution in [0.1, 0.15) is 12.5 Å². The van der Waals surface area contributed by atoms with Gasteiger partial charge in [0.05, 0.1) is 24.2 Å². The van der Waals surface area contributed by atoms with Crippen molar-refractivity contribution >= 4 is 35.0 Å². The van der Waals surface area contributed by atoms with Crippen LogP contribution in [0.4, 0.5) is 11.4 Å². The molecule has 0 saturated carbocycles. The number of anilines is 2. The van der Waals surface area contributed by atoms with Crippen molar-refractivity contribution in [3.05, 3.63) is 72.5 Å². The zero-order valence-electron chi connectivity index (χ0n) is 18.2. The number of thioether (sulfide) groups is 1. The summed E-state index contributed by atoms with van der Waals surface area (Å²) in [6.45, 7) is 2.22. The molecule has 2 amide bonds. The van der Waals surface area contributed by atoms with E-state index in [9.17, 15) is 9.59 Å². The molecular weight excluding hydrogens is 454 g/mol. The van der Waals surface area contributed by atoms with E-state index in [1.54, 1.807) is 37.5 Å². The lowest BCUT2D eigenvalue weighted by Crippen LogP contribution is -2.34. The highest BCUT2D eigenvalue weighted by molar-refractivity contribution is 7.99. The minimum atomic E-state index is -0.552. The van der Waals surface area contributed by atoms with Crippen LogP contribution in [0.5, 0.6) is 5.75 Å². The number of hydrogen-bond acceptors (Lipinski definition) is 7. The summed E-state index contributed by atoms with van der Waals surface area (Å²) in [6.07, 6.45) is 1.03. The fourth-order valence-corrected chi connectivity index (χ4v) is 4.24. The first-order chi connectivity index (χ1) is 16.6. The lowest BCUT2D eigenvalue weighted by molar-refractivity contribution is -0.122. The van der Waals surface area contributed by atoms with Crippen molar-refractivity contribution in [2.24, 2.45) is 0 Å². The fourth-order valence-electron chi connectivity index (χ4n) is 3.51. The molecule has 2 aromatic heterocycles. The average molecular weight is 476 g/mol. The quantitative estimate of drug-likeness (QED) is 0.388. The molecule has 0 fully saturated rings. The van der Waals surface area contributed by atoms with Crippen molar-refractivity contribution < 1.29 is 18.7 Å². The summed E-state index contributed by atoms with van der Waals surface area (Å²) >= 11 is 1.28. The maximum absolute atomic E-state index is 12.6. The molecule has 0 radical (unpaired) electrons. The third kappa shape index (κ3) is 4.67. The second kappa shape index (κ2) is 9.44. The van der Waals surface area contributed by atoms with E-state index in [1.807, 2.05) is 41.0 Å². The topological polar surface area (TPSA) is 111 Å². The molecule has 2 N–H and O–H groups in total. The molecule has 0 spiro atoms. The van der Waals surface area contributed by atoms with E-state index >= 15 is 0 Å². The predicted octanol–water partition coefficient (Wildman–Crippen LogP) is 4.04. The zero-order chi connectivity index (χ0) is 23.5. The van der Waals surface area contributed by atoms with E-state index in [2.05, 4.69) is 20.8 Å². The van der Waals surface area contributed by atoms with Crippen molar-refractivity contribution in [2.75, 3.05) is 16.4 Å². The van der Waals surface area contributed by atoms with Crippen LogP contribution in [0.2, 0.25) is 0 Å². The number of furan rings is 1. The van der Waals surface area contributed by atoms with Gasteiger partial charge in [0.1, 0.15) is 5.75 Å². The highest BCUT2D eigenvalue weighted by Crippen LogP contribution is 2.32. The van der Waals surface area contributed by atoms with Crippen molar-refractivity contribution in [1.82, 2.24) is 14.8 Å². The summed E-state index contributed by atoms with van der Waals surface area (Å²) in [5, 5.41) is 14.8. The van der Waals surface area contributed by atoms with Gasteiger partial charge >= 0.3 is 0 Å². The van der Waals surface area contributed by atoms with Gasteiger partial charge < -0.3 is 19.8 Å². The molecule has 4 aromatic rings. The standard InChI is InChI=1S/C24H21N5O4S/c1-15-23(31)26-18-12-17(9-10-19(18)33-15)25-21(30)14-34-24-28-27-22(20-8-5-11-32-20)29(24)13-16-6-3-2-4-7-16/h2-12,15H,13-14H2,1H3,(H,25,30)(H,26,31)/t15-/m0/s1. The van der Waals surface area contributed by atoms with E-state index in [1.165, 1.54) is 11.8 Å². The molecule has 5 rings (SSSR count). The number of ether oxygens (including phenoxy) is 1. The first-order valence-electron chi connectivity index (χ1n) is 10.6. The van der Waals surface area contributed by atoms with Crippen molar-refractivity contribution in [3.8, 4) is 17.3 Å². The largest absolute Gasteiger partial charge is 0.479 e. The van der Waals surface area contributed by atoms with Gasteiger partial charge in [-0.25, -0.2) is 0 Å². The predicted molar refractivity (Wildman–Crippen MR) is 128 cm³/mol. The molecule has 172 valence electrons. The molecule has 0 bridgehead atoms. The molecule has 0 unspecified atom stereocenters. The van der Waals surface area contributed by atoms with Gasteiger partial charge in [0.2, 0.25) is 11.7 Å². The fraction of sp³-hybridized carbons (Fsp3) is 0.167. The van der Waals surface area contributed by atoms with Crippen molar-refractivity contribution in [2.45, 2.75) is 24.7 Å². The van der Waals surface area contributed by atoms with Crippen LogP contribution in [0.3, 0.4) is 0 Å². The summed E-state index contributed by atoms with van der Waals surface area (Å²) in [5.41, 5.74) is 2.16. The molecule has 2 aromatic carbocycles. The Morgan fingerprint density at radius 3 is 2.79 bits per heavy atom. The summed E-state index contributed by atoms with van der Waals surface area (Å²) in [4.78, 5) is 24.5. The number of fused-ring (bicyclic) bond motifs is 1. The molecule has 1 atom stereocenters. The van der Waals surface area contributed by atoms with E-state index in [-0.39, 0.29) is 17.6 Å². The molecule has 10 heteroatoms. The molecule has 9 nitrogen and oxygen atoms in total. The highest BCUT2D eigenvalue weighted by atomic mass is 32.2. The first-order valence-corrected chi connectivity index (χ1v) is 11.6. The number of amides is 2. The molecule has 0 aliphatic carbocycles. The SMILES string of the molecule is C[C@@H]1Oc2ccc(NC(=O)CSc3nnc(-c4ccco4)n3Cc3ccccc3)cc2NC1=O. The number of nitrogens with zero attached hydrogens (tertiary/aromatic N) is 3. The summed E-state index contributed by atoms with van der Waals surface area (Å²) < 4.78 is 13.0. The third-order valence-corrected chi connectivity index (χ3v) is 6.14. The molecule has 0 saturated heterocycles. The van der Waals surface area contributed by atoms with Gasteiger partial charge in [-0.3, -0.25) is 14.2 Å². The van der Waals surface area contributed by atoms with Gasteiger partial charge in [-0.1, -0.05) is 42.1 Å². The number of carbonyl (C=O) groups excluding carboxylic acids is 2. The summed E-state index contributed by atoms with van der Waals surface area (Å²) in [7, 11) is 0. The van der Waals surface area contributed by atoms with Crippen LogP contribution in [-0.2, 0) is 16.1 Å². The molecule has 1 aliphatic heterocycles. The minimum Gasteiger partial charge on any atom is -0.479 e. The third-order valence-electron chi connectivity index (χ3n) is 5.17. The van der Waals surface area contributed by atoms with Gasteiger partial charge in [-0.05, 0) is 42.8 Å². The van der Waals surface area contributed by atoms with Gasteiger partial charge in [-0.15, -0.1) is 10.2 Å². The van der Waals surface area contributed by atoms with E-state index in [0.29, 0.717) is 40.4 Å². The van der Waals surface area contributed by atoms with E-state index < -0.39 is 6.10 Å². The number of hydrogen-bond donors (Lipinski definition) is 2. The summed E-state index contributed by atoms with van der Waals surface area (Å²) in [5.74, 6) is 1.46. The van der Waals surface area contributed by atoms with Gasteiger partial charge in [-0.2, -0.15) is 0 Å². The van der Waals surface area contributed by atoms with Crippen LogP contribution >= 0.6 is 11.8 Å². The highest BCUT2D eigenvalue weighted by Gasteiger charge is 2.24. The Hall–Kier alpha value is -4.05. The van der Waals surface area contributed by atoms with Crippen molar-refractivity contribution in [1.29, 1.82) is 0 Å². The lowest BCUT2D eigenvalue weighted by Gasteiger charge is -2.23. The Balaban J connectivity index is 1.29. The maximum Gasteiger partial charge on any atom is 0.265 e. The number of rotatable bonds is 7. The summed E-state index contributed by atoms with van der Waals surface area (Å²) in [6, 6.07) is 18.7. The number of benzene rings is 2. The lowest BCUT2D eigenvalue weighted by atomic mass is 10.2. The van der Waals surface area contributed by atoms with Crippen LogP contribution in [-0.4, -0.2) is 38.4 Å². The Morgan fingerprint density at radius 1 is 1.15 bits per heavy atom. The Kier molecular flexibility index (Phi) is 6.05. The monoisotopic (exact) mass is 475 g/mol. The van der Waals surface area contributed by atoms with E-state index in [0.717, 1.165) is 5.56 Å². The maximum atomic E-state index is 12.6. The van der Waals surface area contributed by atoms with E-state index in [4.69, 9.17) is 9.15 Å². The van der Waals surface area contributed by atoms with Crippen LogP contribution in [0.15, 0.2) is 76.5 Å². The normalized spacial score (nSPS) is 14.7. The molecule has 1 aliphatic rings. The molecule has 3 heterocycles. The zero-order valence-corrected chi connectivity index (χ0v) is 19.0. The Labute approximate surface area is 199 Å². The molecule has 34 heavy (non-hydrogen) atoms. The smallest absolute Gasteiger partial charge is 0.265 e. The van der Waals surface area contributed by atoms with Crippen LogP contribution < -0.4 is 15.4 Å². The number of aromatic nitrogens is 3.